The third-order valence-corrected chi connectivity index (χ3v) is 4.80. The minimum absolute atomic E-state index is 0.0873. The van der Waals surface area contributed by atoms with Crippen molar-refractivity contribution in [3.8, 4) is 0 Å². The normalized spacial score (nSPS) is 21.2. The zero-order valence-electron chi connectivity index (χ0n) is 11.9. The Balaban J connectivity index is 1.96. The number of carbonyl (C=O) groups excluding carboxylic acids is 2. The van der Waals surface area contributed by atoms with E-state index in [4.69, 9.17) is 4.74 Å². The zero-order valence-corrected chi connectivity index (χ0v) is 12.7. The number of esters is 1. The zero-order chi connectivity index (χ0) is 14.8. The van der Waals surface area contributed by atoms with Crippen LogP contribution in [0.25, 0.3) is 6.08 Å². The Hall–Kier alpha value is -1.88. The Bertz CT molecular complexity index is 609. The first-order chi connectivity index (χ1) is 10.2. The highest BCUT2D eigenvalue weighted by molar-refractivity contribution is 7.10. The highest BCUT2D eigenvalue weighted by Crippen LogP contribution is 2.33. The van der Waals surface area contributed by atoms with Gasteiger partial charge in [0.2, 0.25) is 0 Å². The molecule has 1 aromatic heterocycles. The maximum Gasteiger partial charge on any atom is 0.340 e. The van der Waals surface area contributed by atoms with Crippen LogP contribution in [-0.4, -0.2) is 29.9 Å². The SMILES string of the molecule is COC(=O)C1=CN(C2CCCC2)C(=O)/C1=C\c1cccs1. The minimum Gasteiger partial charge on any atom is -0.465 e. The van der Waals surface area contributed by atoms with E-state index >= 15 is 0 Å². The average molecular weight is 303 g/mol. The highest BCUT2D eigenvalue weighted by Gasteiger charge is 2.37. The fraction of sp³-hybridized carbons (Fsp3) is 0.375. The van der Waals surface area contributed by atoms with Gasteiger partial charge < -0.3 is 9.64 Å². The van der Waals surface area contributed by atoms with Crippen molar-refractivity contribution < 1.29 is 14.3 Å². The summed E-state index contributed by atoms with van der Waals surface area (Å²) in [5.41, 5.74) is 0.805. The number of hydrogen-bond acceptors (Lipinski definition) is 4. The molecule has 21 heavy (non-hydrogen) atoms. The second-order valence-electron chi connectivity index (χ2n) is 5.26. The summed E-state index contributed by atoms with van der Waals surface area (Å²) < 4.78 is 4.82. The second kappa shape index (κ2) is 5.85. The van der Waals surface area contributed by atoms with Crippen LogP contribution in [0.1, 0.15) is 30.6 Å². The number of carbonyl (C=O) groups is 2. The third kappa shape index (κ3) is 2.65. The molecule has 1 fully saturated rings. The van der Waals surface area contributed by atoms with Gasteiger partial charge in [-0.2, -0.15) is 0 Å². The van der Waals surface area contributed by atoms with E-state index in [-0.39, 0.29) is 11.9 Å². The van der Waals surface area contributed by atoms with Crippen molar-refractivity contribution in [3.63, 3.8) is 0 Å². The lowest BCUT2D eigenvalue weighted by Gasteiger charge is -2.21. The molecule has 2 heterocycles. The molecule has 0 aromatic carbocycles. The van der Waals surface area contributed by atoms with E-state index in [1.165, 1.54) is 7.11 Å². The molecule has 0 unspecified atom stereocenters. The average Bonchev–Trinajstić information content (AvgIpc) is 3.21. The van der Waals surface area contributed by atoms with Gasteiger partial charge in [0.25, 0.3) is 5.91 Å². The summed E-state index contributed by atoms with van der Waals surface area (Å²) in [6.45, 7) is 0. The molecule has 3 rings (SSSR count). The van der Waals surface area contributed by atoms with Crippen LogP contribution >= 0.6 is 11.3 Å². The van der Waals surface area contributed by atoms with E-state index in [0.29, 0.717) is 11.1 Å². The Morgan fingerprint density at radius 3 is 2.81 bits per heavy atom. The molecular formula is C16H17NO3S. The van der Waals surface area contributed by atoms with Crippen LogP contribution < -0.4 is 0 Å². The van der Waals surface area contributed by atoms with Crippen LogP contribution in [0.4, 0.5) is 0 Å². The standard InChI is InChI=1S/C16H17NO3S/c1-20-16(19)14-10-17(11-5-2-3-6-11)15(18)13(14)9-12-7-4-8-21-12/h4,7-11H,2-3,5-6H2,1H3/b13-9-. The largest absolute Gasteiger partial charge is 0.465 e. The lowest BCUT2D eigenvalue weighted by atomic mass is 10.1. The summed E-state index contributed by atoms with van der Waals surface area (Å²) in [7, 11) is 1.34. The number of nitrogens with zero attached hydrogens (tertiary/aromatic N) is 1. The van der Waals surface area contributed by atoms with E-state index in [2.05, 4.69) is 0 Å². The van der Waals surface area contributed by atoms with Crippen molar-refractivity contribution in [1.82, 2.24) is 4.90 Å². The number of hydrogen-bond donors (Lipinski definition) is 0. The molecule has 0 saturated heterocycles. The summed E-state index contributed by atoms with van der Waals surface area (Å²) >= 11 is 1.54. The molecule has 2 aliphatic rings. The molecule has 5 heteroatoms. The lowest BCUT2D eigenvalue weighted by molar-refractivity contribution is -0.136. The first-order valence-corrected chi connectivity index (χ1v) is 7.97. The lowest BCUT2D eigenvalue weighted by Crippen LogP contribution is -2.31. The van der Waals surface area contributed by atoms with Crippen molar-refractivity contribution in [2.24, 2.45) is 0 Å². The number of rotatable bonds is 3. The van der Waals surface area contributed by atoms with Crippen LogP contribution in [0.3, 0.4) is 0 Å². The van der Waals surface area contributed by atoms with Crippen molar-refractivity contribution in [2.75, 3.05) is 7.11 Å². The van der Waals surface area contributed by atoms with Crippen molar-refractivity contribution >= 4 is 29.3 Å². The molecule has 1 saturated carbocycles. The molecule has 1 amide bonds. The van der Waals surface area contributed by atoms with Crippen molar-refractivity contribution in [3.05, 3.63) is 39.7 Å². The molecular weight excluding hydrogens is 286 g/mol. The first kappa shape index (κ1) is 14.1. The fourth-order valence-corrected chi connectivity index (χ4v) is 3.56. The quantitative estimate of drug-likeness (QED) is 0.637. The molecule has 0 spiro atoms. The predicted octanol–water partition coefficient (Wildman–Crippen LogP) is 2.97. The van der Waals surface area contributed by atoms with E-state index in [1.54, 1.807) is 28.5 Å². The van der Waals surface area contributed by atoms with Gasteiger partial charge in [-0.25, -0.2) is 4.79 Å². The predicted molar refractivity (Wildman–Crippen MR) is 81.5 cm³/mol. The van der Waals surface area contributed by atoms with Crippen LogP contribution in [0.5, 0.6) is 0 Å². The second-order valence-corrected chi connectivity index (χ2v) is 6.24. The van der Waals surface area contributed by atoms with Crippen LogP contribution in [0, 0.1) is 0 Å². The molecule has 0 bridgehead atoms. The van der Waals surface area contributed by atoms with Gasteiger partial charge in [-0.15, -0.1) is 11.3 Å². The van der Waals surface area contributed by atoms with Gasteiger partial charge >= 0.3 is 5.97 Å². The maximum absolute atomic E-state index is 12.7. The summed E-state index contributed by atoms with van der Waals surface area (Å²) in [6, 6.07) is 4.07. The molecule has 1 aliphatic carbocycles. The van der Waals surface area contributed by atoms with Gasteiger partial charge in [0.05, 0.1) is 18.3 Å². The van der Waals surface area contributed by atoms with Gasteiger partial charge in [0, 0.05) is 17.1 Å². The van der Waals surface area contributed by atoms with E-state index < -0.39 is 5.97 Å². The summed E-state index contributed by atoms with van der Waals surface area (Å²) in [4.78, 5) is 27.3. The summed E-state index contributed by atoms with van der Waals surface area (Å²) in [6.07, 6.45) is 7.74. The molecule has 1 aliphatic heterocycles. The Labute approximate surface area is 127 Å². The molecule has 4 nitrogen and oxygen atoms in total. The maximum atomic E-state index is 12.7. The van der Waals surface area contributed by atoms with E-state index in [9.17, 15) is 9.59 Å². The Morgan fingerprint density at radius 1 is 1.43 bits per heavy atom. The van der Waals surface area contributed by atoms with Gasteiger partial charge in [-0.3, -0.25) is 4.79 Å². The number of thiophene rings is 1. The fourth-order valence-electron chi connectivity index (χ4n) is 2.90. The van der Waals surface area contributed by atoms with Gasteiger partial charge in [-0.1, -0.05) is 18.9 Å². The van der Waals surface area contributed by atoms with Crippen LogP contribution in [-0.2, 0) is 14.3 Å². The van der Waals surface area contributed by atoms with Crippen LogP contribution in [0.2, 0.25) is 0 Å². The molecule has 0 N–H and O–H groups in total. The Morgan fingerprint density at radius 2 is 2.19 bits per heavy atom. The topological polar surface area (TPSA) is 46.6 Å². The first-order valence-electron chi connectivity index (χ1n) is 7.09. The molecule has 0 radical (unpaired) electrons. The summed E-state index contributed by atoms with van der Waals surface area (Å²) in [5.74, 6) is -0.539. The highest BCUT2D eigenvalue weighted by atomic mass is 32.1. The number of methoxy groups -OCH3 is 1. The number of ether oxygens (including phenoxy) is 1. The van der Waals surface area contributed by atoms with Crippen molar-refractivity contribution in [1.29, 1.82) is 0 Å². The van der Waals surface area contributed by atoms with Gasteiger partial charge in [-0.05, 0) is 30.4 Å². The smallest absolute Gasteiger partial charge is 0.340 e. The van der Waals surface area contributed by atoms with E-state index in [1.807, 2.05) is 17.5 Å². The third-order valence-electron chi connectivity index (χ3n) is 3.98. The molecule has 1 aromatic rings. The van der Waals surface area contributed by atoms with Gasteiger partial charge in [0.1, 0.15) is 0 Å². The Kier molecular flexibility index (Phi) is 3.92. The molecule has 110 valence electrons. The minimum atomic E-state index is -0.452. The summed E-state index contributed by atoms with van der Waals surface area (Å²) in [5, 5.41) is 1.95. The number of amides is 1. The van der Waals surface area contributed by atoms with Crippen molar-refractivity contribution in [2.45, 2.75) is 31.7 Å². The van der Waals surface area contributed by atoms with Crippen LogP contribution in [0.15, 0.2) is 34.9 Å². The van der Waals surface area contributed by atoms with Gasteiger partial charge in [0.15, 0.2) is 0 Å². The van der Waals surface area contributed by atoms with E-state index in [0.717, 1.165) is 30.6 Å². The molecule has 0 atom stereocenters. The monoisotopic (exact) mass is 303 g/mol.